The van der Waals surface area contributed by atoms with Crippen LogP contribution in [0.4, 0.5) is 24.9 Å². The molecule has 12 nitrogen and oxygen atoms in total. The van der Waals surface area contributed by atoms with E-state index in [1.807, 2.05) is 15.9 Å². The molecule has 2 atom stereocenters. The van der Waals surface area contributed by atoms with Crippen LogP contribution in [-0.2, 0) is 35.7 Å². The number of hydrogen-bond acceptors (Lipinski definition) is 12. The molecule has 43 heavy (non-hydrogen) atoms. The van der Waals surface area contributed by atoms with Gasteiger partial charge in [-0.3, -0.25) is 5.32 Å². The minimum absolute atomic E-state index is 0.00962. The summed E-state index contributed by atoms with van der Waals surface area (Å²) < 4.78 is 68.9. The Hall–Kier alpha value is -2.61. The van der Waals surface area contributed by atoms with Crippen molar-refractivity contribution in [3.8, 4) is 0 Å². The molecule has 0 saturated carbocycles. The molecule has 6 rings (SSSR count). The number of halogens is 4. The number of aryl methyl sites for hydroxylation is 1. The highest BCUT2D eigenvalue weighted by Crippen LogP contribution is 2.36. The van der Waals surface area contributed by atoms with Gasteiger partial charge < -0.3 is 19.5 Å². The maximum Gasteiger partial charge on any atom is 0.451 e. The normalized spacial score (nSPS) is 18.5. The van der Waals surface area contributed by atoms with E-state index < -0.39 is 28.4 Å². The van der Waals surface area contributed by atoms with Gasteiger partial charge in [0.05, 0.1) is 16.3 Å². The van der Waals surface area contributed by atoms with Crippen molar-refractivity contribution < 1.29 is 26.7 Å². The molecule has 4 aromatic heterocycles. The van der Waals surface area contributed by atoms with Crippen LogP contribution in [0.25, 0.3) is 10.2 Å². The van der Waals surface area contributed by atoms with Crippen LogP contribution in [0.2, 0.25) is 4.34 Å². The molecule has 0 aliphatic carbocycles. The second-order valence-electron chi connectivity index (χ2n) is 10.2. The Morgan fingerprint density at radius 2 is 1.98 bits per heavy atom. The number of rotatable bonds is 9. The molecule has 232 valence electrons. The molecule has 0 radical (unpaired) electrons. The zero-order valence-corrected chi connectivity index (χ0v) is 25.9. The molecule has 1 saturated heterocycles. The maximum atomic E-state index is 13.4. The monoisotopic (exact) mass is 677 g/mol. The van der Waals surface area contributed by atoms with E-state index in [2.05, 4.69) is 27.2 Å². The van der Waals surface area contributed by atoms with Crippen LogP contribution in [0, 0.1) is 0 Å². The van der Waals surface area contributed by atoms with Gasteiger partial charge in [-0.2, -0.15) is 22.9 Å². The van der Waals surface area contributed by atoms with Gasteiger partial charge in [0, 0.05) is 37.1 Å². The Kier molecular flexibility index (Phi) is 8.29. The summed E-state index contributed by atoms with van der Waals surface area (Å²) in [6, 6.07) is 4.59. The van der Waals surface area contributed by atoms with E-state index in [1.54, 1.807) is 11.3 Å². The van der Waals surface area contributed by atoms with Crippen LogP contribution in [0.1, 0.15) is 36.3 Å². The molecule has 2 aliphatic rings. The van der Waals surface area contributed by atoms with Crippen molar-refractivity contribution in [3.05, 3.63) is 39.1 Å². The van der Waals surface area contributed by atoms with Crippen molar-refractivity contribution in [2.75, 3.05) is 29.4 Å². The summed E-state index contributed by atoms with van der Waals surface area (Å²) in [6.07, 6.45) is -3.73. The first kappa shape index (κ1) is 30.4. The average molecular weight is 678 g/mol. The van der Waals surface area contributed by atoms with Crippen LogP contribution in [-0.4, -0.2) is 70.3 Å². The van der Waals surface area contributed by atoms with Gasteiger partial charge in [0.15, 0.2) is 12.2 Å². The second kappa shape index (κ2) is 11.7. The highest BCUT2D eigenvalue weighted by atomic mass is 35.5. The van der Waals surface area contributed by atoms with Crippen LogP contribution in [0.15, 0.2) is 22.4 Å². The lowest BCUT2D eigenvalue weighted by atomic mass is 10.2. The molecule has 2 unspecified atom stereocenters. The fraction of sp³-hybridized carbons (Fsp3) is 0.500. The fourth-order valence-electron chi connectivity index (χ4n) is 5.23. The van der Waals surface area contributed by atoms with E-state index in [-0.39, 0.29) is 35.7 Å². The minimum Gasteiger partial charge on any atom is -0.365 e. The van der Waals surface area contributed by atoms with Gasteiger partial charge in [0.2, 0.25) is 11.8 Å². The van der Waals surface area contributed by atoms with E-state index in [0.717, 1.165) is 43.8 Å². The second-order valence-corrected chi connectivity index (χ2v) is 15.0. The summed E-state index contributed by atoms with van der Waals surface area (Å²) in [5, 5.41) is 21.4. The molecule has 1 fully saturated rings. The predicted octanol–water partition coefficient (Wildman–Crippen LogP) is 3.41. The summed E-state index contributed by atoms with van der Waals surface area (Å²) in [5.74, 6) is 0.265. The molecular formula is C24H27ClF3N9O3S3. The van der Waals surface area contributed by atoms with Crippen molar-refractivity contribution >= 4 is 66.3 Å². The molecule has 19 heteroatoms. The Bertz CT molecular complexity index is 1740. The van der Waals surface area contributed by atoms with Crippen molar-refractivity contribution in [1.82, 2.24) is 34.8 Å². The minimum atomic E-state index is -4.59. The zero-order chi connectivity index (χ0) is 30.5. The molecule has 3 N–H and O–H groups in total. The molecule has 0 bridgehead atoms. The maximum absolute atomic E-state index is 13.4. The molecule has 0 amide bonds. The number of nitrogens with one attached hydrogen (secondary N) is 2. The highest BCUT2D eigenvalue weighted by molar-refractivity contribution is 7.91. The lowest BCUT2D eigenvalue weighted by Gasteiger charge is -2.30. The van der Waals surface area contributed by atoms with Gasteiger partial charge in [0.25, 0.3) is 10.0 Å². The van der Waals surface area contributed by atoms with Crippen molar-refractivity contribution in [2.24, 2.45) is 0 Å². The number of aliphatic hydroxyl groups excluding tert-OH is 1. The van der Waals surface area contributed by atoms with E-state index >= 15 is 0 Å². The van der Waals surface area contributed by atoms with Crippen molar-refractivity contribution in [1.29, 1.82) is 0 Å². The third-order valence-corrected chi connectivity index (χ3v) is 11.4. The topological polar surface area (TPSA) is 141 Å². The predicted molar refractivity (Wildman–Crippen MR) is 157 cm³/mol. The SMILES string of the molecule is CCCc1cc2c(N3CCn4c(nnc4C(F)(F)F)C3)nc(N3CCC(NC(O)NS(=O)(=O)c4ccc(Cl)s4)C3)nc2s1. The number of hydrogen-bond donors (Lipinski definition) is 3. The summed E-state index contributed by atoms with van der Waals surface area (Å²) in [5.41, 5.74) is 0. The van der Waals surface area contributed by atoms with Crippen LogP contribution < -0.4 is 19.8 Å². The number of aliphatic hydroxyl groups is 1. The number of aromatic nitrogens is 5. The zero-order valence-electron chi connectivity index (χ0n) is 22.7. The Balaban J connectivity index is 1.21. The molecule has 6 heterocycles. The molecule has 2 aliphatic heterocycles. The van der Waals surface area contributed by atoms with E-state index in [1.165, 1.54) is 12.1 Å². The summed E-state index contributed by atoms with van der Waals surface area (Å²) >= 11 is 8.29. The summed E-state index contributed by atoms with van der Waals surface area (Å²) in [7, 11) is -3.96. The molecule has 0 aromatic carbocycles. The largest absolute Gasteiger partial charge is 0.451 e. The van der Waals surface area contributed by atoms with Crippen LogP contribution in [0.3, 0.4) is 0 Å². The van der Waals surface area contributed by atoms with E-state index in [0.29, 0.717) is 35.6 Å². The quantitative estimate of drug-likeness (QED) is 0.226. The van der Waals surface area contributed by atoms with Crippen molar-refractivity contribution in [2.45, 2.75) is 62.1 Å². The lowest BCUT2D eigenvalue weighted by molar-refractivity contribution is -0.147. The van der Waals surface area contributed by atoms with Gasteiger partial charge in [-0.1, -0.05) is 24.9 Å². The number of thiophene rings is 2. The number of fused-ring (bicyclic) bond motifs is 2. The average Bonchev–Trinajstić information content (AvgIpc) is 3.73. The Morgan fingerprint density at radius 1 is 1.16 bits per heavy atom. The van der Waals surface area contributed by atoms with Gasteiger partial charge in [-0.25, -0.2) is 13.4 Å². The number of alkyl halides is 3. The number of sulfonamides is 1. The molecule has 4 aromatic rings. The van der Waals surface area contributed by atoms with E-state index in [9.17, 15) is 26.7 Å². The third-order valence-electron chi connectivity index (χ3n) is 7.16. The standard InChI is InChI=1S/C24H27ClF3N9O3S3/c1-2-3-14-10-15-19(35-8-9-37-17(12-35)32-33-21(37)24(26,27)28)30-22(31-20(15)41-14)36-7-6-13(11-36)29-23(38)34-43(39,40)18-5-4-16(25)42-18/h4-5,10,13,23,29,34,38H,2-3,6-9,11-12H2,1H3. The van der Waals surface area contributed by atoms with Gasteiger partial charge >= 0.3 is 6.18 Å². The van der Waals surface area contributed by atoms with Gasteiger partial charge in [0.1, 0.15) is 14.9 Å². The summed E-state index contributed by atoms with van der Waals surface area (Å²) in [4.78, 5) is 15.4. The first-order valence-corrected chi connectivity index (χ1v) is 16.9. The van der Waals surface area contributed by atoms with Crippen LogP contribution >= 0.6 is 34.3 Å². The van der Waals surface area contributed by atoms with Crippen molar-refractivity contribution in [3.63, 3.8) is 0 Å². The lowest BCUT2D eigenvalue weighted by Crippen LogP contribution is -2.50. The smallest absolute Gasteiger partial charge is 0.365 e. The molecule has 0 spiro atoms. The highest BCUT2D eigenvalue weighted by Gasteiger charge is 2.40. The fourth-order valence-corrected chi connectivity index (χ4v) is 8.84. The third kappa shape index (κ3) is 6.31. The number of anilines is 2. The first-order valence-electron chi connectivity index (χ1n) is 13.4. The van der Waals surface area contributed by atoms with Gasteiger partial charge in [-0.15, -0.1) is 32.9 Å². The van der Waals surface area contributed by atoms with Crippen LogP contribution in [0.5, 0.6) is 0 Å². The number of nitrogens with zero attached hydrogens (tertiary/aromatic N) is 7. The molecular weight excluding hydrogens is 651 g/mol. The van der Waals surface area contributed by atoms with Gasteiger partial charge in [-0.05, 0) is 31.0 Å². The Labute approximate surface area is 257 Å². The summed E-state index contributed by atoms with van der Waals surface area (Å²) in [6.45, 7) is 3.47. The van der Waals surface area contributed by atoms with E-state index in [4.69, 9.17) is 21.6 Å². The first-order chi connectivity index (χ1) is 20.4. The Morgan fingerprint density at radius 3 is 2.70 bits per heavy atom.